The first-order chi connectivity index (χ1) is 12.7. The molecular formula is C21H22O6. The predicted molar refractivity (Wildman–Crippen MR) is 97.7 cm³/mol. The topological polar surface area (TPSA) is 71.1 Å². The third kappa shape index (κ3) is 5.64. The Morgan fingerprint density at radius 3 is 1.44 bits per heavy atom. The summed E-state index contributed by atoms with van der Waals surface area (Å²) in [6, 6.07) is 13.8. The second-order valence-corrected chi connectivity index (χ2v) is 6.71. The van der Waals surface area contributed by atoms with Gasteiger partial charge < -0.3 is 0 Å². The lowest BCUT2D eigenvalue weighted by atomic mass is 9.96. The van der Waals surface area contributed by atoms with E-state index in [-0.39, 0.29) is 6.29 Å². The molecule has 0 bridgehead atoms. The maximum Gasteiger partial charge on any atom is 0.373 e. The molecule has 2 aromatic carbocycles. The normalized spacial score (nSPS) is 11.3. The van der Waals surface area contributed by atoms with E-state index >= 15 is 0 Å². The van der Waals surface area contributed by atoms with Crippen LogP contribution in [0.1, 0.15) is 45.7 Å². The predicted octanol–water partition coefficient (Wildman–Crippen LogP) is 4.53. The van der Waals surface area contributed by atoms with Crippen LogP contribution < -0.4 is 0 Å². The lowest BCUT2D eigenvalue weighted by Crippen LogP contribution is -2.27. The van der Waals surface area contributed by atoms with Crippen LogP contribution in [0.2, 0.25) is 0 Å². The first-order valence-corrected chi connectivity index (χ1v) is 8.32. The van der Waals surface area contributed by atoms with Crippen molar-refractivity contribution >= 4 is 11.9 Å². The second kappa shape index (κ2) is 8.79. The Labute approximate surface area is 158 Å². The van der Waals surface area contributed by atoms with Crippen LogP contribution in [0, 0.1) is 32.5 Å². The summed E-state index contributed by atoms with van der Waals surface area (Å²) in [5.41, 5.74) is 1.19. The van der Waals surface area contributed by atoms with Crippen LogP contribution in [-0.2, 0) is 19.6 Å². The molecule has 142 valence electrons. The van der Waals surface area contributed by atoms with Crippen LogP contribution in [0.15, 0.2) is 48.5 Å². The molecule has 0 aliphatic carbocycles. The Morgan fingerprint density at radius 1 is 0.741 bits per heavy atom. The van der Waals surface area contributed by atoms with E-state index in [2.05, 4.69) is 6.92 Å². The van der Waals surface area contributed by atoms with Gasteiger partial charge >= 0.3 is 18.2 Å². The fourth-order valence-corrected chi connectivity index (χ4v) is 2.08. The summed E-state index contributed by atoms with van der Waals surface area (Å²) >= 11 is 0. The van der Waals surface area contributed by atoms with Crippen molar-refractivity contribution in [3.63, 3.8) is 0 Å². The highest BCUT2D eigenvalue weighted by Gasteiger charge is 2.35. The molecule has 0 heterocycles. The van der Waals surface area contributed by atoms with Gasteiger partial charge in [0.25, 0.3) is 0 Å². The van der Waals surface area contributed by atoms with Crippen molar-refractivity contribution in [3.8, 4) is 0 Å². The van der Waals surface area contributed by atoms with E-state index in [4.69, 9.17) is 19.6 Å². The van der Waals surface area contributed by atoms with Gasteiger partial charge in [0.15, 0.2) is 0 Å². The van der Waals surface area contributed by atoms with E-state index < -0.39 is 17.4 Å². The summed E-state index contributed by atoms with van der Waals surface area (Å²) in [6.07, 6.45) is -0.272. The molecule has 0 atom stereocenters. The fourth-order valence-electron chi connectivity index (χ4n) is 2.08. The standard InChI is InChI=1S/C21H22O6/c1-14-10-6-8-12-16(14)18(22)24-26-20(21(3,4)5)27-25-19(23)17-13-9-7-11-15(17)2/h6-13H,3H2,1-2,4-5H3. The van der Waals surface area contributed by atoms with E-state index in [1.54, 1.807) is 76.2 Å². The van der Waals surface area contributed by atoms with Crippen LogP contribution in [-0.4, -0.2) is 11.9 Å². The molecule has 0 amide bonds. The highest BCUT2D eigenvalue weighted by Crippen LogP contribution is 2.31. The van der Waals surface area contributed by atoms with Gasteiger partial charge in [-0.25, -0.2) is 9.59 Å². The minimum Gasteiger partial charge on any atom is -0.289 e. The number of hydrogen-bond acceptors (Lipinski definition) is 6. The van der Waals surface area contributed by atoms with E-state index in [9.17, 15) is 9.59 Å². The van der Waals surface area contributed by atoms with Crippen LogP contribution in [0.25, 0.3) is 0 Å². The molecule has 27 heavy (non-hydrogen) atoms. The fraction of sp³-hybridized carbons (Fsp3) is 0.238. The van der Waals surface area contributed by atoms with Gasteiger partial charge in [-0.05, 0) is 44.0 Å². The van der Waals surface area contributed by atoms with Crippen LogP contribution in [0.4, 0.5) is 0 Å². The highest BCUT2D eigenvalue weighted by molar-refractivity contribution is 5.91. The Bertz CT molecular complexity index is 745. The molecule has 2 aromatic rings. The second-order valence-electron chi connectivity index (χ2n) is 6.71. The van der Waals surface area contributed by atoms with Crippen LogP contribution in [0.3, 0.4) is 0 Å². The molecule has 6 nitrogen and oxygen atoms in total. The number of hydrogen-bond donors (Lipinski definition) is 0. The lowest BCUT2D eigenvalue weighted by Gasteiger charge is -2.24. The van der Waals surface area contributed by atoms with E-state index in [1.165, 1.54) is 0 Å². The van der Waals surface area contributed by atoms with E-state index in [0.717, 1.165) is 11.1 Å². The monoisotopic (exact) mass is 370 g/mol. The maximum absolute atomic E-state index is 12.2. The quantitative estimate of drug-likeness (QED) is 0.527. The molecule has 0 N–H and O–H groups in total. The molecule has 0 aliphatic heterocycles. The van der Waals surface area contributed by atoms with Gasteiger partial charge in [0.05, 0.1) is 11.1 Å². The molecule has 0 saturated carbocycles. The Kier molecular flexibility index (Phi) is 6.71. The summed E-state index contributed by atoms with van der Waals surface area (Å²) in [5, 5.41) is 0. The molecule has 0 unspecified atom stereocenters. The Hall–Kier alpha value is -2.70. The number of aryl methyl sites for hydroxylation is 2. The zero-order valence-corrected chi connectivity index (χ0v) is 15.8. The molecule has 0 fully saturated rings. The molecule has 0 spiro atoms. The molecule has 6 heteroatoms. The van der Waals surface area contributed by atoms with Gasteiger partial charge in [0, 0.05) is 5.41 Å². The average Bonchev–Trinajstić information content (AvgIpc) is 2.60. The molecular weight excluding hydrogens is 348 g/mol. The molecule has 2 radical (unpaired) electrons. The SMILES string of the molecule is [CH2]C(C)(C)[C](OOC(=O)c1ccccc1C)OOC(=O)c1ccccc1C. The van der Waals surface area contributed by atoms with Gasteiger partial charge in [-0.15, -0.1) is 9.78 Å². The largest absolute Gasteiger partial charge is 0.373 e. The first-order valence-electron chi connectivity index (χ1n) is 8.32. The van der Waals surface area contributed by atoms with E-state index in [1.807, 2.05) is 0 Å². The maximum atomic E-state index is 12.2. The highest BCUT2D eigenvalue weighted by atomic mass is 17.3. The van der Waals surface area contributed by atoms with Crippen LogP contribution >= 0.6 is 0 Å². The van der Waals surface area contributed by atoms with Gasteiger partial charge in [-0.2, -0.15) is 0 Å². The summed E-state index contributed by atoms with van der Waals surface area (Å²) in [4.78, 5) is 44.0. The van der Waals surface area contributed by atoms with Crippen molar-refractivity contribution in [2.24, 2.45) is 5.41 Å². The lowest BCUT2D eigenvalue weighted by molar-refractivity contribution is -0.378. The number of carbonyl (C=O) groups is 2. The van der Waals surface area contributed by atoms with Crippen LogP contribution in [0.5, 0.6) is 0 Å². The van der Waals surface area contributed by atoms with Crippen molar-refractivity contribution < 1.29 is 29.1 Å². The smallest absolute Gasteiger partial charge is 0.289 e. The third-order valence-corrected chi connectivity index (χ3v) is 3.67. The van der Waals surface area contributed by atoms with Gasteiger partial charge in [-0.3, -0.25) is 9.78 Å². The Balaban J connectivity index is 2.00. The molecule has 0 saturated heterocycles. The minimum absolute atomic E-state index is 0.272. The van der Waals surface area contributed by atoms with Gasteiger partial charge in [0.1, 0.15) is 0 Å². The summed E-state index contributed by atoms with van der Waals surface area (Å²) in [5.74, 6) is -1.41. The van der Waals surface area contributed by atoms with E-state index in [0.29, 0.717) is 11.1 Å². The van der Waals surface area contributed by atoms with Gasteiger partial charge in [-0.1, -0.05) is 50.2 Å². The van der Waals surface area contributed by atoms with Crippen molar-refractivity contribution in [3.05, 3.63) is 84.0 Å². The van der Waals surface area contributed by atoms with Crippen molar-refractivity contribution in [2.75, 3.05) is 0 Å². The average molecular weight is 370 g/mol. The number of rotatable bonds is 7. The molecule has 0 aromatic heterocycles. The van der Waals surface area contributed by atoms with Gasteiger partial charge in [0.2, 0.25) is 0 Å². The molecule has 2 rings (SSSR count). The number of benzene rings is 2. The zero-order chi connectivity index (χ0) is 20.0. The van der Waals surface area contributed by atoms with Crippen molar-refractivity contribution in [1.29, 1.82) is 0 Å². The first kappa shape index (κ1) is 20.6. The Morgan fingerprint density at radius 2 is 1.11 bits per heavy atom. The summed E-state index contributed by atoms with van der Waals surface area (Å²) < 4.78 is 0. The summed E-state index contributed by atoms with van der Waals surface area (Å²) in [6.45, 7) is 10.7. The third-order valence-electron chi connectivity index (χ3n) is 3.67. The minimum atomic E-state index is -0.960. The zero-order valence-electron chi connectivity index (χ0n) is 15.8. The van der Waals surface area contributed by atoms with Crippen molar-refractivity contribution in [2.45, 2.75) is 27.7 Å². The number of carbonyl (C=O) groups excluding carboxylic acids is 2. The summed E-state index contributed by atoms with van der Waals surface area (Å²) in [7, 11) is 0. The van der Waals surface area contributed by atoms with Crippen molar-refractivity contribution in [1.82, 2.24) is 0 Å². The molecule has 0 aliphatic rings.